The van der Waals surface area contributed by atoms with Gasteiger partial charge >= 0.3 is 0 Å². The second-order valence-electron chi connectivity index (χ2n) is 2.58. The Kier molecular flexibility index (Phi) is 3.45. The normalized spacial score (nSPS) is 25.3. The molecule has 0 aliphatic carbocycles. The van der Waals surface area contributed by atoms with Crippen LogP contribution < -0.4 is 0 Å². The van der Waals surface area contributed by atoms with Gasteiger partial charge in [0.05, 0.1) is 0 Å². The van der Waals surface area contributed by atoms with Gasteiger partial charge in [-0.05, 0) is 6.54 Å². The van der Waals surface area contributed by atoms with Crippen LogP contribution in [0.15, 0.2) is 0 Å². The molecule has 1 rings (SSSR count). The summed E-state index contributed by atoms with van der Waals surface area (Å²) in [5, 5.41) is 0. The number of rotatable bonds is 2. The highest BCUT2D eigenvalue weighted by Crippen LogP contribution is 2.01. The highest BCUT2D eigenvalue weighted by atomic mass is 32.2. The van der Waals surface area contributed by atoms with Gasteiger partial charge in [-0.1, -0.05) is 6.92 Å². The third-order valence-electron chi connectivity index (χ3n) is 1.99. The van der Waals surface area contributed by atoms with Crippen molar-refractivity contribution in [3.8, 4) is 0 Å². The maximum Gasteiger partial charge on any atom is 0.0230 e. The summed E-state index contributed by atoms with van der Waals surface area (Å²) in [5.74, 6) is 0. The minimum Gasteiger partial charge on any atom is -0.760 e. The van der Waals surface area contributed by atoms with Gasteiger partial charge in [-0.3, -0.25) is 4.21 Å². The van der Waals surface area contributed by atoms with Crippen molar-refractivity contribution >= 4 is 11.3 Å². The Hall–Kier alpha value is 0.0300. The van der Waals surface area contributed by atoms with E-state index in [1.54, 1.807) is 0 Å². The molecule has 0 bridgehead atoms. The fourth-order valence-electron chi connectivity index (χ4n) is 1.19. The summed E-state index contributed by atoms with van der Waals surface area (Å²) >= 11 is -2.01. The molecular weight excluding hydrogens is 164 g/mol. The lowest BCUT2D eigenvalue weighted by atomic mass is 10.4. The predicted molar refractivity (Wildman–Crippen MR) is 42.6 cm³/mol. The van der Waals surface area contributed by atoms with Gasteiger partial charge in [0.2, 0.25) is 0 Å². The van der Waals surface area contributed by atoms with E-state index in [4.69, 9.17) is 0 Å². The zero-order valence-electron chi connectivity index (χ0n) is 6.65. The average Bonchev–Trinajstić information content (AvgIpc) is 2.05. The van der Waals surface area contributed by atoms with Crippen LogP contribution in [0.2, 0.25) is 0 Å². The second-order valence-corrected chi connectivity index (χ2v) is 3.53. The monoisotopic (exact) mass is 177 g/mol. The lowest BCUT2D eigenvalue weighted by Crippen LogP contribution is -2.46. The van der Waals surface area contributed by atoms with Gasteiger partial charge < -0.3 is 9.45 Å². The Morgan fingerprint density at radius 2 is 1.91 bits per heavy atom. The highest BCUT2D eigenvalue weighted by molar-refractivity contribution is 7.76. The van der Waals surface area contributed by atoms with E-state index in [0.29, 0.717) is 13.1 Å². The number of nitrogens with zero attached hydrogens (tertiary/aromatic N) is 2. The van der Waals surface area contributed by atoms with Crippen LogP contribution in [0, 0.1) is 0 Å². The first-order valence-electron chi connectivity index (χ1n) is 3.80. The van der Waals surface area contributed by atoms with Crippen LogP contribution in [0.5, 0.6) is 0 Å². The smallest absolute Gasteiger partial charge is 0.0230 e. The Morgan fingerprint density at radius 1 is 1.36 bits per heavy atom. The van der Waals surface area contributed by atoms with E-state index in [0.717, 1.165) is 19.6 Å². The first-order chi connectivity index (χ1) is 5.24. The lowest BCUT2D eigenvalue weighted by Gasteiger charge is -2.34. The minimum absolute atomic E-state index is 0.643. The van der Waals surface area contributed by atoms with E-state index in [2.05, 4.69) is 11.8 Å². The molecule has 0 spiro atoms. The van der Waals surface area contributed by atoms with Crippen molar-refractivity contribution in [2.75, 3.05) is 32.7 Å². The fraction of sp³-hybridized carbons (Fsp3) is 1.00. The minimum atomic E-state index is -2.01. The van der Waals surface area contributed by atoms with Crippen molar-refractivity contribution in [3.63, 3.8) is 0 Å². The summed E-state index contributed by atoms with van der Waals surface area (Å²) in [7, 11) is 0. The number of piperazine rings is 1. The topological polar surface area (TPSA) is 46.6 Å². The molecule has 66 valence electrons. The molecule has 0 aromatic carbocycles. The van der Waals surface area contributed by atoms with Crippen LogP contribution in [-0.4, -0.2) is 50.7 Å². The molecule has 1 heterocycles. The van der Waals surface area contributed by atoms with Gasteiger partial charge in [0, 0.05) is 37.4 Å². The standard InChI is InChI=1S/C6H14N2O2S/c1-2-7-3-5-8(6-4-7)11(9)10/h2-6H2,1H3,(H,9,10)/p-1. The van der Waals surface area contributed by atoms with Crippen molar-refractivity contribution in [1.82, 2.24) is 9.21 Å². The van der Waals surface area contributed by atoms with Gasteiger partial charge in [-0.25, -0.2) is 4.31 Å². The van der Waals surface area contributed by atoms with Crippen LogP contribution in [-0.2, 0) is 11.3 Å². The van der Waals surface area contributed by atoms with Gasteiger partial charge in [-0.15, -0.1) is 0 Å². The maximum absolute atomic E-state index is 10.5. The van der Waals surface area contributed by atoms with E-state index in [1.165, 1.54) is 4.31 Å². The summed E-state index contributed by atoms with van der Waals surface area (Å²) in [5.41, 5.74) is 0. The predicted octanol–water partition coefficient (Wildman–Crippen LogP) is -0.582. The summed E-state index contributed by atoms with van der Waals surface area (Å²) < 4.78 is 22.4. The first kappa shape index (κ1) is 9.12. The fourth-order valence-corrected chi connectivity index (χ4v) is 1.66. The van der Waals surface area contributed by atoms with Crippen molar-refractivity contribution in [1.29, 1.82) is 0 Å². The van der Waals surface area contributed by atoms with Crippen LogP contribution in [0.4, 0.5) is 0 Å². The zero-order chi connectivity index (χ0) is 8.27. The molecule has 1 atom stereocenters. The Bertz CT molecular complexity index is 146. The van der Waals surface area contributed by atoms with Crippen molar-refractivity contribution < 1.29 is 8.76 Å². The van der Waals surface area contributed by atoms with E-state index in [9.17, 15) is 8.76 Å². The lowest BCUT2D eigenvalue weighted by molar-refractivity contribution is 0.194. The SMILES string of the molecule is CCN1CCN(S(=O)[O-])CC1. The molecule has 0 radical (unpaired) electrons. The Balaban J connectivity index is 2.30. The van der Waals surface area contributed by atoms with Crippen LogP contribution >= 0.6 is 0 Å². The molecule has 5 heteroatoms. The molecule has 0 aromatic heterocycles. The first-order valence-corrected chi connectivity index (χ1v) is 4.84. The zero-order valence-corrected chi connectivity index (χ0v) is 7.47. The van der Waals surface area contributed by atoms with Crippen molar-refractivity contribution in [2.24, 2.45) is 0 Å². The molecule has 0 saturated carbocycles. The summed E-state index contributed by atoms with van der Waals surface area (Å²) in [4.78, 5) is 2.24. The summed E-state index contributed by atoms with van der Waals surface area (Å²) in [6.07, 6.45) is 0. The van der Waals surface area contributed by atoms with Crippen LogP contribution in [0.3, 0.4) is 0 Å². The second kappa shape index (κ2) is 4.15. The van der Waals surface area contributed by atoms with Crippen molar-refractivity contribution in [3.05, 3.63) is 0 Å². The third kappa shape index (κ3) is 2.52. The average molecular weight is 177 g/mol. The molecule has 4 nitrogen and oxygen atoms in total. The molecule has 1 fully saturated rings. The van der Waals surface area contributed by atoms with Crippen molar-refractivity contribution in [2.45, 2.75) is 6.92 Å². The van der Waals surface area contributed by atoms with Gasteiger partial charge in [0.25, 0.3) is 0 Å². The number of hydrogen-bond acceptors (Lipinski definition) is 3. The highest BCUT2D eigenvalue weighted by Gasteiger charge is 2.14. The summed E-state index contributed by atoms with van der Waals surface area (Å²) in [6, 6.07) is 0. The quantitative estimate of drug-likeness (QED) is 0.530. The summed E-state index contributed by atoms with van der Waals surface area (Å²) in [6.45, 7) is 6.12. The molecule has 0 aromatic rings. The van der Waals surface area contributed by atoms with E-state index < -0.39 is 11.3 Å². The van der Waals surface area contributed by atoms with Gasteiger partial charge in [0.15, 0.2) is 0 Å². The molecule has 0 N–H and O–H groups in total. The van der Waals surface area contributed by atoms with Crippen LogP contribution in [0.25, 0.3) is 0 Å². The molecular formula is C6H13N2O2S-. The van der Waals surface area contributed by atoms with E-state index in [-0.39, 0.29) is 0 Å². The Labute approximate surface area is 69.6 Å². The van der Waals surface area contributed by atoms with E-state index in [1.807, 2.05) is 0 Å². The molecule has 11 heavy (non-hydrogen) atoms. The number of hydrogen-bond donors (Lipinski definition) is 0. The molecule has 1 unspecified atom stereocenters. The molecule has 1 aliphatic rings. The Morgan fingerprint density at radius 3 is 2.27 bits per heavy atom. The molecule has 1 saturated heterocycles. The van der Waals surface area contributed by atoms with Gasteiger partial charge in [-0.2, -0.15) is 0 Å². The third-order valence-corrected chi connectivity index (χ3v) is 2.78. The van der Waals surface area contributed by atoms with E-state index >= 15 is 0 Å². The number of likely N-dealkylation sites (N-methyl/N-ethyl adjacent to an activating group) is 1. The van der Waals surface area contributed by atoms with Crippen LogP contribution in [0.1, 0.15) is 6.92 Å². The molecule has 0 amide bonds. The molecule has 1 aliphatic heterocycles. The largest absolute Gasteiger partial charge is 0.760 e. The maximum atomic E-state index is 10.5. The van der Waals surface area contributed by atoms with Gasteiger partial charge in [0.1, 0.15) is 0 Å².